The van der Waals surface area contributed by atoms with Gasteiger partial charge in [-0.05, 0) is 73.6 Å². The zero-order valence-corrected chi connectivity index (χ0v) is 26.6. The van der Waals surface area contributed by atoms with Crippen molar-refractivity contribution in [3.05, 3.63) is 61.9 Å². The van der Waals surface area contributed by atoms with Gasteiger partial charge in [0, 0.05) is 69.0 Å². The number of aromatic nitrogens is 2. The number of carboxylic acids is 2. The third kappa shape index (κ3) is 6.61. The summed E-state index contributed by atoms with van der Waals surface area (Å²) in [5.41, 5.74) is 5.58. The van der Waals surface area contributed by atoms with E-state index in [-0.39, 0.29) is 55.4 Å². The molecule has 45 heavy (non-hydrogen) atoms. The summed E-state index contributed by atoms with van der Waals surface area (Å²) >= 11 is 1.85. The Morgan fingerprint density at radius 2 is 1.60 bits per heavy atom. The third-order valence-electron chi connectivity index (χ3n) is 9.31. The van der Waals surface area contributed by atoms with Gasteiger partial charge in [0.15, 0.2) is 0 Å². The van der Waals surface area contributed by atoms with Crippen LogP contribution >= 0.6 is 11.8 Å². The van der Waals surface area contributed by atoms with Gasteiger partial charge in [-0.25, -0.2) is 0 Å². The van der Waals surface area contributed by atoms with Crippen LogP contribution in [0.5, 0.6) is 0 Å². The molecule has 240 valence electrons. The number of hydrogen-bond donors (Lipinski definition) is 7. The number of hydrogen-bond acceptors (Lipinski definition) is 6. The average Bonchev–Trinajstić information content (AvgIpc) is 3.54. The molecule has 3 saturated heterocycles. The molecule has 3 aliphatic rings. The molecule has 3 fully saturated rings. The van der Waals surface area contributed by atoms with Crippen LogP contribution in [0.1, 0.15) is 66.8 Å². The largest absolute Gasteiger partial charge is 0.515 e. The number of aliphatic hydroxyl groups is 1. The fourth-order valence-corrected chi connectivity index (χ4v) is 7.62. The van der Waals surface area contributed by atoms with Crippen LogP contribution in [-0.2, 0) is 32.0 Å². The van der Waals surface area contributed by atoms with Gasteiger partial charge in [-0.2, -0.15) is 11.8 Å². The molecule has 2 aromatic heterocycles. The molecule has 11 nitrogen and oxygen atoms in total. The normalized spacial score (nSPS) is 27.1. The van der Waals surface area contributed by atoms with Crippen molar-refractivity contribution in [2.75, 3.05) is 5.75 Å². The van der Waals surface area contributed by atoms with Crippen molar-refractivity contribution >= 4 is 53.7 Å². The number of rotatable bonds is 11. The minimum atomic E-state index is -0.938. The molecule has 0 radical (unpaired) electrons. The third-order valence-corrected chi connectivity index (χ3v) is 10.3. The van der Waals surface area contributed by atoms with Crippen molar-refractivity contribution in [2.45, 2.75) is 71.1 Å². The van der Waals surface area contributed by atoms with Gasteiger partial charge in [0.05, 0.1) is 18.2 Å². The Balaban J connectivity index is 1.63. The van der Waals surface area contributed by atoms with Gasteiger partial charge >= 0.3 is 11.9 Å². The summed E-state index contributed by atoms with van der Waals surface area (Å²) in [5.74, 6) is -1.38. The van der Waals surface area contributed by atoms with Gasteiger partial charge in [-0.1, -0.05) is 13.8 Å². The Bertz CT molecular complexity index is 1730. The number of carbonyl (C=O) groups excluding carboxylic acids is 2. The Hall–Kier alpha value is -4.19. The lowest BCUT2D eigenvalue weighted by Gasteiger charge is -2.16. The number of aliphatic hydroxyl groups excluding tert-OH is 1. The molecule has 2 amide bonds. The van der Waals surface area contributed by atoms with E-state index in [0.29, 0.717) is 39.7 Å². The summed E-state index contributed by atoms with van der Waals surface area (Å²) in [5, 5.41) is 36.7. The predicted molar refractivity (Wildman–Crippen MR) is 172 cm³/mol. The van der Waals surface area contributed by atoms with E-state index in [1.54, 1.807) is 6.08 Å². The molecule has 0 aromatic carbocycles. The topological polar surface area (TPSA) is 185 Å². The maximum atomic E-state index is 12.6. The van der Waals surface area contributed by atoms with Gasteiger partial charge in [0.1, 0.15) is 0 Å². The second-order valence-corrected chi connectivity index (χ2v) is 13.3. The second-order valence-electron chi connectivity index (χ2n) is 12.1. The monoisotopic (exact) mass is 636 g/mol. The number of thioether (sulfide) groups is 1. The minimum absolute atomic E-state index is 0.0327. The molecule has 0 aliphatic carbocycles. The smallest absolute Gasteiger partial charge is 0.303 e. The van der Waals surface area contributed by atoms with Crippen LogP contribution in [0.2, 0.25) is 0 Å². The quantitative estimate of drug-likeness (QED) is 0.145. The van der Waals surface area contributed by atoms with Crippen LogP contribution in [0.4, 0.5) is 0 Å². The van der Waals surface area contributed by atoms with E-state index in [2.05, 4.69) is 20.6 Å². The first-order valence-corrected chi connectivity index (χ1v) is 16.3. The van der Waals surface area contributed by atoms with Crippen molar-refractivity contribution in [1.82, 2.24) is 20.6 Å². The molecule has 0 saturated carbocycles. The van der Waals surface area contributed by atoms with Crippen LogP contribution < -0.4 is 21.3 Å². The summed E-state index contributed by atoms with van der Waals surface area (Å²) < 4.78 is 0. The summed E-state index contributed by atoms with van der Waals surface area (Å²) in [6.07, 6.45) is 7.50. The highest BCUT2D eigenvalue weighted by molar-refractivity contribution is 8.06. The van der Waals surface area contributed by atoms with E-state index in [4.69, 9.17) is 0 Å². The minimum Gasteiger partial charge on any atom is -0.515 e. The van der Waals surface area contributed by atoms with Gasteiger partial charge in [-0.15, -0.1) is 0 Å². The Kier molecular flexibility index (Phi) is 9.33. The van der Waals surface area contributed by atoms with Crippen LogP contribution in [0.3, 0.4) is 0 Å². The number of H-pyrrole nitrogens is 2. The highest BCUT2D eigenvalue weighted by Gasteiger charge is 2.47. The average molecular weight is 637 g/mol. The Morgan fingerprint density at radius 1 is 0.933 bits per heavy atom. The molecule has 5 heterocycles. The van der Waals surface area contributed by atoms with Crippen molar-refractivity contribution in [2.24, 2.45) is 17.8 Å². The summed E-state index contributed by atoms with van der Waals surface area (Å²) in [6, 6.07) is -0.149. The molecule has 0 bridgehead atoms. The molecule has 12 heteroatoms. The number of carboxylic acid groups (broad SMARTS) is 2. The van der Waals surface area contributed by atoms with E-state index in [0.717, 1.165) is 39.6 Å². The number of carbonyl (C=O) groups is 4. The van der Waals surface area contributed by atoms with E-state index in [1.807, 2.05) is 51.6 Å². The van der Waals surface area contributed by atoms with Gasteiger partial charge < -0.3 is 35.9 Å². The molecule has 7 N–H and O–H groups in total. The maximum Gasteiger partial charge on any atom is 0.303 e. The molecular weight excluding hydrogens is 596 g/mol. The van der Waals surface area contributed by atoms with Crippen LogP contribution in [0.15, 0.2) is 17.5 Å². The SMILES string of the molecule is CCC1C(=O)NC(=C\c2[nH]c(/C=c3\[nH]/c(=C\C4NC(=O)[C@H](C)[C@H]4[C@H]4CS4)c(C)c3CCC(=O)O)c(CCC(=O)O)c2C)/C1=C/O. The van der Waals surface area contributed by atoms with Crippen LogP contribution in [-0.4, -0.2) is 66.1 Å². The fourth-order valence-electron chi connectivity index (χ4n) is 6.66. The van der Waals surface area contributed by atoms with Crippen molar-refractivity contribution in [3.8, 4) is 0 Å². The molecule has 2 aromatic rings. The molecule has 5 rings (SSSR count). The molecular formula is C33H40N4O7S. The summed E-state index contributed by atoms with van der Waals surface area (Å²) in [6.45, 7) is 7.64. The summed E-state index contributed by atoms with van der Waals surface area (Å²) in [4.78, 5) is 55.1. The first-order chi connectivity index (χ1) is 21.4. The summed E-state index contributed by atoms with van der Waals surface area (Å²) in [7, 11) is 0. The van der Waals surface area contributed by atoms with Gasteiger partial charge in [0.25, 0.3) is 0 Å². The highest BCUT2D eigenvalue weighted by Crippen LogP contribution is 2.44. The van der Waals surface area contributed by atoms with Crippen molar-refractivity contribution in [3.63, 3.8) is 0 Å². The van der Waals surface area contributed by atoms with Gasteiger partial charge in [-0.3, -0.25) is 19.2 Å². The van der Waals surface area contributed by atoms with Crippen LogP contribution in [0, 0.1) is 31.6 Å². The van der Waals surface area contributed by atoms with Crippen LogP contribution in [0.25, 0.3) is 18.2 Å². The van der Waals surface area contributed by atoms with E-state index in [1.165, 1.54) is 0 Å². The van der Waals surface area contributed by atoms with E-state index in [9.17, 15) is 34.5 Å². The lowest BCUT2D eigenvalue weighted by Crippen LogP contribution is -2.31. The van der Waals surface area contributed by atoms with Crippen molar-refractivity contribution in [1.29, 1.82) is 0 Å². The number of aromatic amines is 2. The Morgan fingerprint density at radius 3 is 2.20 bits per heavy atom. The Labute approximate surface area is 265 Å². The second kappa shape index (κ2) is 13.0. The molecule has 2 unspecified atom stereocenters. The van der Waals surface area contributed by atoms with Gasteiger partial charge in [0.2, 0.25) is 11.8 Å². The molecule has 0 spiro atoms. The number of aliphatic carboxylic acids is 2. The number of amides is 2. The molecule has 3 aliphatic heterocycles. The standard InChI is InChI=1S/C33H40N4O7S/c1-5-18-21(13-38)26(36-33(18)44)10-22-15(2)19(6-8-29(39)40)24(34-22)12-25-20(7-9-30(41)42)16(3)23(35-25)11-27-31(28-14-45-28)17(4)32(43)37-27/h10-13,17-18,27-28,31,34-35,38H,5-9,14H2,1-4H3,(H,36,44)(H,37,43)(H,39,40)(H,41,42)/b21-13+,23-11-,25-12-,26-10-/t17-,18?,27?,28-,31-/m1/s1. The zero-order chi connectivity index (χ0) is 32.6. The van der Waals surface area contributed by atoms with E-state index >= 15 is 0 Å². The first-order valence-electron chi connectivity index (χ1n) is 15.3. The molecule has 5 atom stereocenters. The lowest BCUT2D eigenvalue weighted by molar-refractivity contribution is -0.138. The highest BCUT2D eigenvalue weighted by atomic mass is 32.2. The zero-order valence-electron chi connectivity index (χ0n) is 25.8. The predicted octanol–water partition coefficient (Wildman–Crippen LogP) is 2.41. The lowest BCUT2D eigenvalue weighted by atomic mass is 9.89. The number of nitrogens with one attached hydrogen (secondary N) is 4. The van der Waals surface area contributed by atoms with E-state index < -0.39 is 17.9 Å². The fraction of sp³-hybridized carbons (Fsp3) is 0.455. The first kappa shape index (κ1) is 32.2. The van der Waals surface area contributed by atoms with Crippen molar-refractivity contribution < 1.29 is 34.5 Å². The maximum absolute atomic E-state index is 12.6. The number of allylic oxidation sites excluding steroid dienone is 1.